The van der Waals surface area contributed by atoms with E-state index in [9.17, 15) is 4.39 Å². The maximum absolute atomic E-state index is 14.4. The van der Waals surface area contributed by atoms with Gasteiger partial charge < -0.3 is 15.0 Å². The van der Waals surface area contributed by atoms with Crippen molar-refractivity contribution in [3.05, 3.63) is 29.6 Å². The summed E-state index contributed by atoms with van der Waals surface area (Å²) in [6.07, 6.45) is 1.08. The highest BCUT2D eigenvalue weighted by Crippen LogP contribution is 2.26. The lowest BCUT2D eigenvalue weighted by Gasteiger charge is -2.35. The SMILES string of the molecule is CCCNC(C)c1ccc(N2CCOCC2C)c(F)c1. The molecular weight excluding hydrogens is 255 g/mol. The highest BCUT2D eigenvalue weighted by molar-refractivity contribution is 5.50. The summed E-state index contributed by atoms with van der Waals surface area (Å²) >= 11 is 0. The fourth-order valence-electron chi connectivity index (χ4n) is 2.59. The van der Waals surface area contributed by atoms with Crippen molar-refractivity contribution >= 4 is 5.69 Å². The molecule has 1 saturated heterocycles. The van der Waals surface area contributed by atoms with E-state index in [0.29, 0.717) is 18.9 Å². The molecule has 20 heavy (non-hydrogen) atoms. The van der Waals surface area contributed by atoms with Gasteiger partial charge in [-0.15, -0.1) is 0 Å². The van der Waals surface area contributed by atoms with Crippen LogP contribution in [0.2, 0.25) is 0 Å². The molecule has 1 aromatic rings. The minimum Gasteiger partial charge on any atom is -0.377 e. The van der Waals surface area contributed by atoms with E-state index in [1.165, 1.54) is 0 Å². The lowest BCUT2D eigenvalue weighted by molar-refractivity contribution is 0.0986. The summed E-state index contributed by atoms with van der Waals surface area (Å²) < 4.78 is 19.8. The molecule has 0 radical (unpaired) electrons. The molecule has 4 heteroatoms. The zero-order valence-electron chi connectivity index (χ0n) is 12.7. The van der Waals surface area contributed by atoms with Crippen LogP contribution < -0.4 is 10.2 Å². The van der Waals surface area contributed by atoms with Gasteiger partial charge in [0.2, 0.25) is 0 Å². The van der Waals surface area contributed by atoms with Crippen molar-refractivity contribution in [2.24, 2.45) is 0 Å². The van der Waals surface area contributed by atoms with Crippen molar-refractivity contribution in [3.63, 3.8) is 0 Å². The first-order chi connectivity index (χ1) is 9.63. The zero-order chi connectivity index (χ0) is 14.5. The van der Waals surface area contributed by atoms with Crippen LogP contribution in [0.4, 0.5) is 10.1 Å². The second-order valence-corrected chi connectivity index (χ2v) is 5.50. The molecule has 0 spiro atoms. The smallest absolute Gasteiger partial charge is 0.146 e. The van der Waals surface area contributed by atoms with Crippen LogP contribution in [0, 0.1) is 5.82 Å². The van der Waals surface area contributed by atoms with Gasteiger partial charge in [-0.05, 0) is 44.5 Å². The average molecular weight is 280 g/mol. The molecule has 0 bridgehead atoms. The molecule has 2 atom stereocenters. The minimum absolute atomic E-state index is 0.138. The zero-order valence-corrected chi connectivity index (χ0v) is 12.7. The summed E-state index contributed by atoms with van der Waals surface area (Å²) in [6, 6.07) is 5.98. The lowest BCUT2D eigenvalue weighted by Crippen LogP contribution is -2.44. The van der Waals surface area contributed by atoms with E-state index in [1.54, 1.807) is 6.07 Å². The van der Waals surface area contributed by atoms with Crippen molar-refractivity contribution < 1.29 is 9.13 Å². The molecule has 112 valence electrons. The molecule has 0 saturated carbocycles. The number of halogens is 1. The Morgan fingerprint density at radius 3 is 2.95 bits per heavy atom. The average Bonchev–Trinajstić information content (AvgIpc) is 2.45. The van der Waals surface area contributed by atoms with E-state index in [-0.39, 0.29) is 17.9 Å². The standard InChI is InChI=1S/C16H25FN2O/c1-4-7-18-13(3)14-5-6-16(15(17)10-14)19-8-9-20-11-12(19)2/h5-6,10,12-13,18H,4,7-9,11H2,1-3H3. The van der Waals surface area contributed by atoms with E-state index < -0.39 is 0 Å². The molecule has 1 aromatic carbocycles. The van der Waals surface area contributed by atoms with Crippen LogP contribution in [0.15, 0.2) is 18.2 Å². The molecular formula is C16H25FN2O. The molecule has 0 amide bonds. The topological polar surface area (TPSA) is 24.5 Å². The number of ether oxygens (including phenoxy) is 1. The van der Waals surface area contributed by atoms with Crippen LogP contribution in [0.25, 0.3) is 0 Å². The lowest BCUT2D eigenvalue weighted by atomic mass is 10.1. The Bertz CT molecular complexity index is 438. The fraction of sp³-hybridized carbons (Fsp3) is 0.625. The predicted octanol–water partition coefficient (Wildman–Crippen LogP) is 3.11. The van der Waals surface area contributed by atoms with Gasteiger partial charge >= 0.3 is 0 Å². The molecule has 2 rings (SSSR count). The van der Waals surface area contributed by atoms with Gasteiger partial charge in [0, 0.05) is 18.6 Å². The summed E-state index contributed by atoms with van der Waals surface area (Å²) in [4.78, 5) is 2.09. The van der Waals surface area contributed by atoms with Gasteiger partial charge in [-0.25, -0.2) is 4.39 Å². The monoisotopic (exact) mass is 280 g/mol. The van der Waals surface area contributed by atoms with Gasteiger partial charge in [0.15, 0.2) is 0 Å². The number of benzene rings is 1. The minimum atomic E-state index is -0.138. The van der Waals surface area contributed by atoms with Crippen LogP contribution in [0.5, 0.6) is 0 Å². The first kappa shape index (κ1) is 15.3. The van der Waals surface area contributed by atoms with E-state index in [4.69, 9.17) is 4.74 Å². The number of hydrogen-bond donors (Lipinski definition) is 1. The fourth-order valence-corrected chi connectivity index (χ4v) is 2.59. The normalized spacial score (nSPS) is 21.0. The third-order valence-corrected chi connectivity index (χ3v) is 3.85. The highest BCUT2D eigenvalue weighted by atomic mass is 19.1. The van der Waals surface area contributed by atoms with Gasteiger partial charge in [0.05, 0.1) is 18.9 Å². The van der Waals surface area contributed by atoms with Gasteiger partial charge in [-0.3, -0.25) is 0 Å². The van der Waals surface area contributed by atoms with Crippen molar-refractivity contribution in [1.29, 1.82) is 0 Å². The van der Waals surface area contributed by atoms with E-state index in [0.717, 1.165) is 25.1 Å². The molecule has 0 aromatic heterocycles. The van der Waals surface area contributed by atoms with Gasteiger partial charge in [0.1, 0.15) is 5.82 Å². The predicted molar refractivity (Wildman–Crippen MR) is 80.7 cm³/mol. The highest BCUT2D eigenvalue weighted by Gasteiger charge is 2.22. The van der Waals surface area contributed by atoms with E-state index in [2.05, 4.69) is 31.0 Å². The van der Waals surface area contributed by atoms with Gasteiger partial charge in [-0.2, -0.15) is 0 Å². The maximum Gasteiger partial charge on any atom is 0.146 e. The summed E-state index contributed by atoms with van der Waals surface area (Å²) in [5.41, 5.74) is 1.69. The Kier molecular flexibility index (Phi) is 5.38. The summed E-state index contributed by atoms with van der Waals surface area (Å²) in [5, 5.41) is 3.38. The van der Waals surface area contributed by atoms with Crippen LogP contribution in [0.3, 0.4) is 0 Å². The van der Waals surface area contributed by atoms with Gasteiger partial charge in [-0.1, -0.05) is 13.0 Å². The number of anilines is 1. The van der Waals surface area contributed by atoms with Crippen molar-refractivity contribution in [1.82, 2.24) is 5.32 Å². The Morgan fingerprint density at radius 1 is 1.50 bits per heavy atom. The molecule has 0 aliphatic carbocycles. The largest absolute Gasteiger partial charge is 0.377 e. The van der Waals surface area contributed by atoms with Crippen LogP contribution in [-0.2, 0) is 4.74 Å². The Balaban J connectivity index is 2.12. The third-order valence-electron chi connectivity index (χ3n) is 3.85. The van der Waals surface area contributed by atoms with Crippen molar-refractivity contribution in [2.45, 2.75) is 39.3 Å². The molecule has 1 heterocycles. The van der Waals surface area contributed by atoms with E-state index >= 15 is 0 Å². The van der Waals surface area contributed by atoms with Crippen LogP contribution >= 0.6 is 0 Å². The van der Waals surface area contributed by atoms with Crippen LogP contribution in [0.1, 0.15) is 38.8 Å². The number of nitrogens with zero attached hydrogens (tertiary/aromatic N) is 1. The number of rotatable bonds is 5. The number of nitrogens with one attached hydrogen (secondary N) is 1. The Hall–Kier alpha value is -1.13. The second-order valence-electron chi connectivity index (χ2n) is 5.50. The molecule has 1 N–H and O–H groups in total. The van der Waals surface area contributed by atoms with Gasteiger partial charge in [0.25, 0.3) is 0 Å². The van der Waals surface area contributed by atoms with Crippen molar-refractivity contribution in [3.8, 4) is 0 Å². The van der Waals surface area contributed by atoms with E-state index in [1.807, 2.05) is 12.1 Å². The maximum atomic E-state index is 14.4. The first-order valence-corrected chi connectivity index (χ1v) is 7.50. The van der Waals surface area contributed by atoms with Crippen molar-refractivity contribution in [2.75, 3.05) is 31.2 Å². The number of hydrogen-bond acceptors (Lipinski definition) is 3. The summed E-state index contributed by atoms with van der Waals surface area (Å²) in [5.74, 6) is -0.138. The summed E-state index contributed by atoms with van der Waals surface area (Å²) in [6.45, 7) is 9.30. The molecule has 3 nitrogen and oxygen atoms in total. The number of morpholine rings is 1. The Morgan fingerprint density at radius 2 is 2.30 bits per heavy atom. The summed E-state index contributed by atoms with van der Waals surface area (Å²) in [7, 11) is 0. The molecule has 1 fully saturated rings. The van der Waals surface area contributed by atoms with Crippen LogP contribution in [-0.4, -0.2) is 32.3 Å². The molecule has 1 aliphatic rings. The quantitative estimate of drug-likeness (QED) is 0.897. The molecule has 1 aliphatic heterocycles. The second kappa shape index (κ2) is 7.04. The first-order valence-electron chi connectivity index (χ1n) is 7.50. The Labute approximate surface area is 121 Å². The molecule has 2 unspecified atom stereocenters. The third kappa shape index (κ3) is 3.49.